The minimum absolute atomic E-state index is 0.159. The molecule has 1 atom stereocenters. The molecule has 0 bridgehead atoms. The second kappa shape index (κ2) is 14.0. The van der Waals surface area contributed by atoms with E-state index in [1.165, 1.54) is 33.6 Å². The molecular weight excluding hydrogens is 512 g/mol. The second-order valence-corrected chi connectivity index (χ2v) is 10.8. The number of rotatable bonds is 12. The summed E-state index contributed by atoms with van der Waals surface area (Å²) >= 11 is 0. The first-order valence-corrected chi connectivity index (χ1v) is 15.5. The van der Waals surface area contributed by atoms with Crippen molar-refractivity contribution in [2.24, 2.45) is 5.10 Å². The summed E-state index contributed by atoms with van der Waals surface area (Å²) in [4.78, 5) is 4.80. The molecule has 0 saturated heterocycles. The third kappa shape index (κ3) is 6.76. The summed E-state index contributed by atoms with van der Waals surface area (Å²) in [5, 5.41) is 7.35. The van der Waals surface area contributed by atoms with Crippen LogP contribution in [-0.4, -0.2) is 31.9 Å². The van der Waals surface area contributed by atoms with Gasteiger partial charge in [0.1, 0.15) is 0 Å². The van der Waals surface area contributed by atoms with E-state index in [0.29, 0.717) is 0 Å². The van der Waals surface area contributed by atoms with Crippen LogP contribution in [0.1, 0.15) is 62.4 Å². The van der Waals surface area contributed by atoms with Gasteiger partial charge < -0.3 is 9.80 Å². The molecule has 0 aromatic heterocycles. The van der Waals surface area contributed by atoms with Crippen molar-refractivity contribution in [3.8, 4) is 0 Å². The van der Waals surface area contributed by atoms with Gasteiger partial charge >= 0.3 is 0 Å². The Balaban J connectivity index is 1.44. The zero-order valence-corrected chi connectivity index (χ0v) is 25.6. The maximum absolute atomic E-state index is 5.15. The van der Waals surface area contributed by atoms with Gasteiger partial charge in [-0.2, -0.15) is 5.10 Å². The molecule has 0 N–H and O–H groups in total. The molecule has 1 aliphatic rings. The Kier molecular flexibility index (Phi) is 9.76. The van der Waals surface area contributed by atoms with Crippen molar-refractivity contribution in [1.29, 1.82) is 0 Å². The summed E-state index contributed by atoms with van der Waals surface area (Å²) in [6, 6.07) is 37.4. The van der Waals surface area contributed by atoms with Crippen molar-refractivity contribution in [2.75, 3.05) is 41.0 Å². The van der Waals surface area contributed by atoms with Gasteiger partial charge in [0.2, 0.25) is 0 Å². The monoisotopic (exact) mass is 556 g/mol. The van der Waals surface area contributed by atoms with E-state index in [4.69, 9.17) is 5.10 Å². The van der Waals surface area contributed by atoms with Crippen LogP contribution in [0.2, 0.25) is 0 Å². The topological polar surface area (TPSA) is 22.1 Å². The van der Waals surface area contributed by atoms with Gasteiger partial charge in [0.15, 0.2) is 0 Å². The lowest BCUT2D eigenvalue weighted by atomic mass is 9.97. The summed E-state index contributed by atoms with van der Waals surface area (Å²) in [7, 11) is 0. The van der Waals surface area contributed by atoms with E-state index in [1.807, 2.05) is 0 Å². The first kappa shape index (κ1) is 29.2. The summed E-state index contributed by atoms with van der Waals surface area (Å²) in [6.07, 6.45) is 6.25. The minimum atomic E-state index is 0.159. The van der Waals surface area contributed by atoms with Gasteiger partial charge in [-0.25, -0.2) is 0 Å². The molecule has 216 valence electrons. The summed E-state index contributed by atoms with van der Waals surface area (Å²) in [5.74, 6) is 0. The third-order valence-corrected chi connectivity index (χ3v) is 8.31. The van der Waals surface area contributed by atoms with E-state index in [2.05, 4.69) is 158 Å². The molecule has 5 rings (SSSR count). The van der Waals surface area contributed by atoms with Crippen molar-refractivity contribution in [3.63, 3.8) is 0 Å². The van der Waals surface area contributed by atoms with Crippen LogP contribution >= 0.6 is 0 Å². The van der Waals surface area contributed by atoms with Crippen LogP contribution in [-0.2, 0) is 6.42 Å². The molecule has 42 heavy (non-hydrogen) atoms. The molecule has 4 aromatic rings. The standard InChI is InChI=1S/C38H44N4/c1-5-40(6-2)35-24-21-32(22-25-35)38-29-34(39-42(38)36-17-13-10-14-18-36)23-19-31-20-26-37(41(7-3)8-4)28-33(31)27-30-15-11-9-12-16-30/h9-26,28,38H,5-8,27,29H2,1-4H3. The predicted octanol–water partition coefficient (Wildman–Crippen LogP) is 8.99. The van der Waals surface area contributed by atoms with Gasteiger partial charge in [0.25, 0.3) is 0 Å². The van der Waals surface area contributed by atoms with Crippen LogP contribution in [0.4, 0.5) is 17.1 Å². The molecule has 0 fully saturated rings. The highest BCUT2D eigenvalue weighted by Gasteiger charge is 2.28. The van der Waals surface area contributed by atoms with Crippen LogP contribution in [0, 0.1) is 0 Å². The maximum atomic E-state index is 5.15. The van der Waals surface area contributed by atoms with Gasteiger partial charge in [-0.05, 0) is 98.8 Å². The van der Waals surface area contributed by atoms with E-state index >= 15 is 0 Å². The zero-order chi connectivity index (χ0) is 29.3. The van der Waals surface area contributed by atoms with Gasteiger partial charge in [-0.1, -0.05) is 72.8 Å². The first-order valence-electron chi connectivity index (χ1n) is 15.5. The molecule has 0 amide bonds. The molecule has 0 saturated carbocycles. The Morgan fingerprint density at radius 2 is 1.29 bits per heavy atom. The molecular formula is C38H44N4. The average molecular weight is 557 g/mol. The Morgan fingerprint density at radius 1 is 0.690 bits per heavy atom. The average Bonchev–Trinajstić information content (AvgIpc) is 3.47. The van der Waals surface area contributed by atoms with Crippen molar-refractivity contribution in [1.82, 2.24) is 0 Å². The minimum Gasteiger partial charge on any atom is -0.372 e. The molecule has 0 spiro atoms. The van der Waals surface area contributed by atoms with E-state index in [-0.39, 0.29) is 6.04 Å². The third-order valence-electron chi connectivity index (χ3n) is 8.31. The zero-order valence-electron chi connectivity index (χ0n) is 25.6. The van der Waals surface area contributed by atoms with Crippen LogP contribution < -0.4 is 14.8 Å². The summed E-state index contributed by atoms with van der Waals surface area (Å²) in [6.45, 7) is 12.9. The number of anilines is 3. The largest absolute Gasteiger partial charge is 0.372 e. The first-order chi connectivity index (χ1) is 20.6. The van der Waals surface area contributed by atoms with Crippen LogP contribution in [0.15, 0.2) is 114 Å². The predicted molar refractivity (Wildman–Crippen MR) is 182 cm³/mol. The number of hydrogen-bond acceptors (Lipinski definition) is 4. The highest BCUT2D eigenvalue weighted by molar-refractivity contribution is 6.01. The highest BCUT2D eigenvalue weighted by atomic mass is 15.5. The van der Waals surface area contributed by atoms with E-state index in [9.17, 15) is 0 Å². The molecule has 4 aromatic carbocycles. The Hall–Kier alpha value is -4.31. The van der Waals surface area contributed by atoms with Crippen LogP contribution in [0.25, 0.3) is 6.08 Å². The molecule has 1 unspecified atom stereocenters. The Labute approximate surface area is 252 Å². The fourth-order valence-electron chi connectivity index (χ4n) is 5.90. The Morgan fingerprint density at radius 3 is 1.93 bits per heavy atom. The number of hydrazone groups is 1. The quantitative estimate of drug-likeness (QED) is 0.174. The number of para-hydroxylation sites is 1. The van der Waals surface area contributed by atoms with Gasteiger partial charge in [-0.15, -0.1) is 0 Å². The fraction of sp³-hybridized carbons (Fsp3) is 0.289. The molecule has 4 heteroatoms. The number of allylic oxidation sites excluding steroid dienone is 1. The van der Waals surface area contributed by atoms with Crippen LogP contribution in [0.5, 0.6) is 0 Å². The molecule has 1 heterocycles. The molecule has 1 aliphatic heterocycles. The van der Waals surface area contributed by atoms with Gasteiger partial charge in [-0.3, -0.25) is 5.01 Å². The number of benzene rings is 4. The van der Waals surface area contributed by atoms with E-state index in [0.717, 1.165) is 50.4 Å². The number of hydrogen-bond donors (Lipinski definition) is 0. The van der Waals surface area contributed by atoms with Gasteiger partial charge in [0, 0.05) is 44.0 Å². The molecule has 0 aliphatic carbocycles. The lowest BCUT2D eigenvalue weighted by Gasteiger charge is -2.25. The maximum Gasteiger partial charge on any atom is 0.0831 e. The van der Waals surface area contributed by atoms with Crippen molar-refractivity contribution >= 4 is 28.8 Å². The second-order valence-electron chi connectivity index (χ2n) is 10.8. The lowest BCUT2D eigenvalue weighted by molar-refractivity contribution is 0.709. The normalized spacial score (nSPS) is 14.8. The summed E-state index contributed by atoms with van der Waals surface area (Å²) < 4.78 is 0. The Bertz CT molecular complexity index is 1470. The highest BCUT2D eigenvalue weighted by Crippen LogP contribution is 2.36. The number of nitrogens with zero attached hydrogens (tertiary/aromatic N) is 4. The molecule has 4 nitrogen and oxygen atoms in total. The van der Waals surface area contributed by atoms with Crippen LogP contribution in [0.3, 0.4) is 0 Å². The smallest absolute Gasteiger partial charge is 0.0831 e. The lowest BCUT2D eigenvalue weighted by Crippen LogP contribution is -2.22. The molecule has 0 radical (unpaired) electrons. The van der Waals surface area contributed by atoms with E-state index < -0.39 is 0 Å². The SMILES string of the molecule is CCN(CC)c1ccc(C2CC(C=Cc3ccc(N(CC)CC)cc3Cc3ccccc3)=NN2c2ccccc2)cc1. The van der Waals surface area contributed by atoms with Crippen molar-refractivity contribution < 1.29 is 0 Å². The van der Waals surface area contributed by atoms with Crippen molar-refractivity contribution in [2.45, 2.75) is 46.6 Å². The van der Waals surface area contributed by atoms with E-state index in [1.54, 1.807) is 0 Å². The summed E-state index contributed by atoms with van der Waals surface area (Å²) in [5.41, 5.74) is 9.96. The fourth-order valence-corrected chi connectivity index (χ4v) is 5.90. The van der Waals surface area contributed by atoms with Gasteiger partial charge in [0.05, 0.1) is 17.4 Å². The van der Waals surface area contributed by atoms with Crippen molar-refractivity contribution in [3.05, 3.63) is 131 Å².